The fourth-order valence-electron chi connectivity index (χ4n) is 3.56. The Balaban J connectivity index is 1.90. The van der Waals surface area contributed by atoms with Gasteiger partial charge in [0.15, 0.2) is 6.61 Å². The normalized spacial score (nSPS) is 12.0. The van der Waals surface area contributed by atoms with Crippen LogP contribution in [0.4, 0.5) is 17.6 Å². The van der Waals surface area contributed by atoms with Crippen molar-refractivity contribution in [1.29, 1.82) is 0 Å². The van der Waals surface area contributed by atoms with Gasteiger partial charge in [-0.2, -0.15) is 13.2 Å². The van der Waals surface area contributed by atoms with Crippen LogP contribution in [0.5, 0.6) is 11.5 Å². The zero-order chi connectivity index (χ0) is 27.9. The minimum Gasteiger partial charge on any atom is -0.482 e. The molecule has 0 aliphatic heterocycles. The second-order valence-corrected chi connectivity index (χ2v) is 8.08. The number of carbonyl (C=O) groups is 2. The standard InChI is InChI=1S/C28H26F4O6/c1-4-35-25(33)16-37-24-13-11-21(14-17(24)3)38-26(27(34)36-5-2)22-15-19(8-12-23(22)29)18-6-9-20(10-7-18)28(30,31)32/h6-15,26H,4-5,16H2,1-3H3. The lowest BCUT2D eigenvalue weighted by Crippen LogP contribution is -2.22. The van der Waals surface area contributed by atoms with E-state index < -0.39 is 35.6 Å². The zero-order valence-electron chi connectivity index (χ0n) is 20.9. The topological polar surface area (TPSA) is 71.1 Å². The second kappa shape index (κ2) is 12.4. The van der Waals surface area contributed by atoms with E-state index in [4.69, 9.17) is 18.9 Å². The van der Waals surface area contributed by atoms with Crippen molar-refractivity contribution >= 4 is 11.9 Å². The monoisotopic (exact) mass is 534 g/mol. The molecule has 0 aromatic heterocycles. The highest BCUT2D eigenvalue weighted by atomic mass is 19.4. The summed E-state index contributed by atoms with van der Waals surface area (Å²) >= 11 is 0. The Labute approximate surface area is 217 Å². The molecule has 0 bridgehead atoms. The number of ether oxygens (including phenoxy) is 4. The molecule has 1 unspecified atom stereocenters. The smallest absolute Gasteiger partial charge is 0.416 e. The summed E-state index contributed by atoms with van der Waals surface area (Å²) in [6.07, 6.45) is -6.00. The number of carbonyl (C=O) groups excluding carboxylic acids is 2. The Morgan fingerprint density at radius 2 is 1.53 bits per heavy atom. The van der Waals surface area contributed by atoms with Crippen LogP contribution in [0.15, 0.2) is 60.7 Å². The van der Waals surface area contributed by atoms with E-state index in [2.05, 4.69) is 0 Å². The van der Waals surface area contributed by atoms with Crippen LogP contribution in [0, 0.1) is 12.7 Å². The van der Waals surface area contributed by atoms with Crippen LogP contribution < -0.4 is 9.47 Å². The van der Waals surface area contributed by atoms with Crippen LogP contribution >= 0.6 is 0 Å². The van der Waals surface area contributed by atoms with Crippen molar-refractivity contribution in [3.8, 4) is 22.6 Å². The fourth-order valence-corrected chi connectivity index (χ4v) is 3.56. The highest BCUT2D eigenvalue weighted by Crippen LogP contribution is 2.34. The first-order valence-electron chi connectivity index (χ1n) is 11.7. The minimum absolute atomic E-state index is 0.0125. The van der Waals surface area contributed by atoms with Gasteiger partial charge < -0.3 is 18.9 Å². The number of alkyl halides is 3. The summed E-state index contributed by atoms with van der Waals surface area (Å²) in [6, 6.07) is 12.8. The van der Waals surface area contributed by atoms with Gasteiger partial charge >= 0.3 is 18.1 Å². The molecule has 1 atom stereocenters. The first-order chi connectivity index (χ1) is 18.0. The van der Waals surface area contributed by atoms with Crippen molar-refractivity contribution in [3.05, 3.63) is 83.2 Å². The van der Waals surface area contributed by atoms with Crippen molar-refractivity contribution in [2.45, 2.75) is 33.1 Å². The van der Waals surface area contributed by atoms with Crippen LogP contribution in [-0.4, -0.2) is 31.8 Å². The van der Waals surface area contributed by atoms with Crippen LogP contribution in [0.25, 0.3) is 11.1 Å². The molecular formula is C28H26F4O6. The van der Waals surface area contributed by atoms with Gasteiger partial charge in [-0.25, -0.2) is 14.0 Å². The highest BCUT2D eigenvalue weighted by Gasteiger charge is 2.31. The molecule has 0 radical (unpaired) electrons. The molecule has 0 heterocycles. The molecule has 3 aromatic carbocycles. The molecule has 0 saturated carbocycles. The molecule has 0 aliphatic rings. The number of halogens is 4. The first-order valence-corrected chi connectivity index (χ1v) is 11.7. The molecule has 0 fully saturated rings. The number of hydrogen-bond donors (Lipinski definition) is 0. The second-order valence-electron chi connectivity index (χ2n) is 8.08. The van der Waals surface area contributed by atoms with Crippen molar-refractivity contribution in [1.82, 2.24) is 0 Å². The first kappa shape index (κ1) is 28.5. The molecule has 202 valence electrons. The summed E-state index contributed by atoms with van der Waals surface area (Å²) in [7, 11) is 0. The van der Waals surface area contributed by atoms with E-state index in [9.17, 15) is 27.2 Å². The van der Waals surface area contributed by atoms with Crippen LogP contribution in [-0.2, 0) is 25.2 Å². The van der Waals surface area contributed by atoms with Crippen molar-refractivity contribution in [3.63, 3.8) is 0 Å². The summed E-state index contributed by atoms with van der Waals surface area (Å²) in [5.74, 6) is -1.56. The van der Waals surface area contributed by atoms with E-state index in [-0.39, 0.29) is 31.1 Å². The highest BCUT2D eigenvalue weighted by molar-refractivity contribution is 5.78. The van der Waals surface area contributed by atoms with E-state index in [1.165, 1.54) is 36.4 Å². The van der Waals surface area contributed by atoms with Gasteiger partial charge in [-0.1, -0.05) is 18.2 Å². The molecule has 0 spiro atoms. The summed E-state index contributed by atoms with van der Waals surface area (Å²) in [4.78, 5) is 24.3. The van der Waals surface area contributed by atoms with Gasteiger partial charge in [-0.15, -0.1) is 0 Å². The third-order valence-corrected chi connectivity index (χ3v) is 5.38. The molecule has 0 amide bonds. The third kappa shape index (κ3) is 7.24. The largest absolute Gasteiger partial charge is 0.482 e. The van der Waals surface area contributed by atoms with Crippen LogP contribution in [0.1, 0.15) is 36.6 Å². The number of esters is 2. The van der Waals surface area contributed by atoms with Gasteiger partial charge in [0.1, 0.15) is 17.3 Å². The van der Waals surface area contributed by atoms with Gasteiger partial charge in [-0.3, -0.25) is 0 Å². The Kier molecular flexibility index (Phi) is 9.33. The van der Waals surface area contributed by atoms with Crippen molar-refractivity contribution < 1.29 is 46.1 Å². The van der Waals surface area contributed by atoms with E-state index in [1.54, 1.807) is 26.8 Å². The molecule has 0 N–H and O–H groups in total. The predicted molar refractivity (Wildman–Crippen MR) is 130 cm³/mol. The Bertz CT molecular complexity index is 1270. The maximum Gasteiger partial charge on any atom is 0.416 e. The van der Waals surface area contributed by atoms with Gasteiger partial charge in [-0.05, 0) is 79.9 Å². The average molecular weight is 535 g/mol. The summed E-state index contributed by atoms with van der Waals surface area (Å²) in [5.41, 5.74) is 0.378. The lowest BCUT2D eigenvalue weighted by atomic mass is 9.99. The molecule has 3 aromatic rings. The summed E-state index contributed by atoms with van der Waals surface area (Å²) in [5, 5.41) is 0. The molecule has 0 saturated heterocycles. The summed E-state index contributed by atoms with van der Waals surface area (Å²) < 4.78 is 74.9. The van der Waals surface area contributed by atoms with Gasteiger partial charge in [0, 0.05) is 5.56 Å². The van der Waals surface area contributed by atoms with E-state index >= 15 is 0 Å². The molecule has 3 rings (SSSR count). The van der Waals surface area contributed by atoms with Crippen LogP contribution in [0.2, 0.25) is 0 Å². The maximum absolute atomic E-state index is 14.9. The minimum atomic E-state index is -4.49. The lowest BCUT2D eigenvalue weighted by Gasteiger charge is -2.20. The van der Waals surface area contributed by atoms with E-state index in [0.717, 1.165) is 18.2 Å². The van der Waals surface area contributed by atoms with E-state index in [0.29, 0.717) is 22.4 Å². The molecule has 6 nitrogen and oxygen atoms in total. The maximum atomic E-state index is 14.9. The quantitative estimate of drug-likeness (QED) is 0.220. The zero-order valence-corrected chi connectivity index (χ0v) is 20.9. The predicted octanol–water partition coefficient (Wildman–Crippen LogP) is 6.45. The number of benzene rings is 3. The van der Waals surface area contributed by atoms with Gasteiger partial charge in [0.25, 0.3) is 0 Å². The Morgan fingerprint density at radius 1 is 0.868 bits per heavy atom. The molecule has 10 heteroatoms. The molecular weight excluding hydrogens is 508 g/mol. The number of aryl methyl sites for hydroxylation is 1. The Hall–Kier alpha value is -4.08. The van der Waals surface area contributed by atoms with Crippen molar-refractivity contribution in [2.24, 2.45) is 0 Å². The lowest BCUT2D eigenvalue weighted by molar-refractivity contribution is -0.152. The van der Waals surface area contributed by atoms with Crippen LogP contribution in [0.3, 0.4) is 0 Å². The number of hydrogen-bond acceptors (Lipinski definition) is 6. The molecule has 38 heavy (non-hydrogen) atoms. The van der Waals surface area contributed by atoms with Crippen molar-refractivity contribution in [2.75, 3.05) is 19.8 Å². The SMILES string of the molecule is CCOC(=O)COc1ccc(OC(C(=O)OCC)c2cc(-c3ccc(C(F)(F)F)cc3)ccc2F)cc1C. The fraction of sp³-hybridized carbons (Fsp3) is 0.286. The summed E-state index contributed by atoms with van der Waals surface area (Å²) in [6.45, 7) is 4.90. The van der Waals surface area contributed by atoms with Gasteiger partial charge in [0.05, 0.1) is 18.8 Å². The van der Waals surface area contributed by atoms with E-state index in [1.807, 2.05) is 0 Å². The van der Waals surface area contributed by atoms with Gasteiger partial charge in [0.2, 0.25) is 6.10 Å². The molecule has 0 aliphatic carbocycles. The Morgan fingerprint density at radius 3 is 2.13 bits per heavy atom. The number of rotatable bonds is 10. The third-order valence-electron chi connectivity index (χ3n) is 5.38. The average Bonchev–Trinajstić information content (AvgIpc) is 2.87.